The molecule has 88 valence electrons. The van der Waals surface area contributed by atoms with E-state index in [1.165, 1.54) is 0 Å². The van der Waals surface area contributed by atoms with Gasteiger partial charge in [0.15, 0.2) is 0 Å². The van der Waals surface area contributed by atoms with Crippen molar-refractivity contribution in [1.29, 1.82) is 0 Å². The minimum Gasteiger partial charge on any atom is -0.399 e. The van der Waals surface area contributed by atoms with Gasteiger partial charge in [-0.3, -0.25) is 4.79 Å². The number of carbonyl (C=O) groups is 1. The molecule has 0 saturated carbocycles. The minimum atomic E-state index is 0.0619. The maximum atomic E-state index is 12.2. The Bertz CT molecular complexity index is 388. The zero-order valence-electron chi connectivity index (χ0n) is 10.4. The first-order valence-corrected chi connectivity index (χ1v) is 5.60. The Balaban J connectivity index is 2.96. The molecule has 1 aromatic rings. The van der Waals surface area contributed by atoms with Gasteiger partial charge in [-0.2, -0.15) is 0 Å². The predicted molar refractivity (Wildman–Crippen MR) is 67.4 cm³/mol. The first-order chi connectivity index (χ1) is 7.47. The van der Waals surface area contributed by atoms with Crippen molar-refractivity contribution >= 4 is 11.6 Å². The van der Waals surface area contributed by atoms with Gasteiger partial charge >= 0.3 is 0 Å². The van der Waals surface area contributed by atoms with Crippen LogP contribution in [0.4, 0.5) is 5.69 Å². The van der Waals surface area contributed by atoms with Crippen LogP contribution in [0, 0.1) is 6.92 Å². The van der Waals surface area contributed by atoms with Crippen LogP contribution in [0.5, 0.6) is 0 Å². The third kappa shape index (κ3) is 2.54. The molecule has 0 saturated heterocycles. The summed E-state index contributed by atoms with van der Waals surface area (Å²) in [5, 5.41) is 0. The highest BCUT2D eigenvalue weighted by molar-refractivity contribution is 5.96. The molecule has 3 nitrogen and oxygen atoms in total. The third-order valence-corrected chi connectivity index (χ3v) is 3.05. The third-order valence-electron chi connectivity index (χ3n) is 3.05. The number of nitrogens with two attached hydrogens (primary N) is 1. The van der Waals surface area contributed by atoms with E-state index >= 15 is 0 Å². The number of benzene rings is 1. The van der Waals surface area contributed by atoms with Gasteiger partial charge in [-0.15, -0.1) is 0 Å². The van der Waals surface area contributed by atoms with Crippen LogP contribution in [0.15, 0.2) is 18.2 Å². The summed E-state index contributed by atoms with van der Waals surface area (Å²) in [6, 6.07) is 5.65. The SMILES string of the molecule is CCC(C)N(C)C(=O)c1ccc(N)cc1C. The van der Waals surface area contributed by atoms with E-state index in [1.54, 1.807) is 17.0 Å². The van der Waals surface area contributed by atoms with E-state index in [2.05, 4.69) is 6.92 Å². The van der Waals surface area contributed by atoms with Crippen LogP contribution in [0.3, 0.4) is 0 Å². The quantitative estimate of drug-likeness (QED) is 0.795. The molecule has 0 bridgehead atoms. The number of hydrogen-bond acceptors (Lipinski definition) is 2. The van der Waals surface area contributed by atoms with Gasteiger partial charge in [-0.05, 0) is 44.0 Å². The second-order valence-electron chi connectivity index (χ2n) is 4.25. The highest BCUT2D eigenvalue weighted by Gasteiger charge is 2.17. The number of nitrogen functional groups attached to an aromatic ring is 1. The highest BCUT2D eigenvalue weighted by atomic mass is 16.2. The van der Waals surface area contributed by atoms with Gasteiger partial charge in [0.05, 0.1) is 0 Å². The maximum Gasteiger partial charge on any atom is 0.254 e. The first-order valence-electron chi connectivity index (χ1n) is 5.60. The maximum absolute atomic E-state index is 12.2. The number of anilines is 1. The molecule has 1 aromatic carbocycles. The Labute approximate surface area is 97.2 Å². The Morgan fingerprint density at radius 3 is 2.62 bits per heavy atom. The van der Waals surface area contributed by atoms with E-state index in [1.807, 2.05) is 27.0 Å². The summed E-state index contributed by atoms with van der Waals surface area (Å²) in [6.07, 6.45) is 0.955. The van der Waals surface area contributed by atoms with Crippen molar-refractivity contribution < 1.29 is 4.79 Å². The minimum absolute atomic E-state index is 0.0619. The van der Waals surface area contributed by atoms with E-state index in [0.717, 1.165) is 17.5 Å². The van der Waals surface area contributed by atoms with Crippen molar-refractivity contribution in [3.8, 4) is 0 Å². The summed E-state index contributed by atoms with van der Waals surface area (Å²) in [5.41, 5.74) is 8.02. The largest absolute Gasteiger partial charge is 0.399 e. The summed E-state index contributed by atoms with van der Waals surface area (Å²) in [5.74, 6) is 0.0619. The summed E-state index contributed by atoms with van der Waals surface area (Å²) >= 11 is 0. The molecule has 2 N–H and O–H groups in total. The average Bonchev–Trinajstić information content (AvgIpc) is 2.26. The second-order valence-corrected chi connectivity index (χ2v) is 4.25. The van der Waals surface area contributed by atoms with Crippen LogP contribution in [-0.4, -0.2) is 23.9 Å². The van der Waals surface area contributed by atoms with Crippen LogP contribution in [-0.2, 0) is 0 Å². The number of nitrogens with zero attached hydrogens (tertiary/aromatic N) is 1. The van der Waals surface area contributed by atoms with Gasteiger partial charge in [0.1, 0.15) is 0 Å². The van der Waals surface area contributed by atoms with Gasteiger partial charge in [0.25, 0.3) is 5.91 Å². The average molecular weight is 220 g/mol. The molecule has 16 heavy (non-hydrogen) atoms. The molecule has 0 aromatic heterocycles. The van der Waals surface area contributed by atoms with Gasteiger partial charge in [-0.25, -0.2) is 0 Å². The van der Waals surface area contributed by atoms with E-state index in [-0.39, 0.29) is 11.9 Å². The number of aryl methyl sites for hydroxylation is 1. The fourth-order valence-electron chi connectivity index (χ4n) is 1.59. The van der Waals surface area contributed by atoms with Gasteiger partial charge in [0.2, 0.25) is 0 Å². The Kier molecular flexibility index (Phi) is 3.93. The number of rotatable bonds is 3. The van der Waals surface area contributed by atoms with Gasteiger partial charge in [0, 0.05) is 24.3 Å². The molecule has 1 atom stereocenters. The van der Waals surface area contributed by atoms with Crippen molar-refractivity contribution in [3.63, 3.8) is 0 Å². The molecule has 0 radical (unpaired) electrons. The summed E-state index contributed by atoms with van der Waals surface area (Å²) in [7, 11) is 1.84. The number of hydrogen-bond donors (Lipinski definition) is 1. The van der Waals surface area contributed by atoms with Crippen LogP contribution >= 0.6 is 0 Å². The topological polar surface area (TPSA) is 46.3 Å². The molecule has 3 heteroatoms. The molecule has 0 aliphatic carbocycles. The summed E-state index contributed by atoms with van der Waals surface area (Å²) < 4.78 is 0. The Morgan fingerprint density at radius 1 is 1.50 bits per heavy atom. The monoisotopic (exact) mass is 220 g/mol. The molecule has 0 aliphatic heterocycles. The van der Waals surface area contributed by atoms with E-state index in [0.29, 0.717) is 5.69 Å². The van der Waals surface area contributed by atoms with Crippen molar-refractivity contribution in [3.05, 3.63) is 29.3 Å². The summed E-state index contributed by atoms with van der Waals surface area (Å²) in [6.45, 7) is 6.03. The molecule has 0 fully saturated rings. The summed E-state index contributed by atoms with van der Waals surface area (Å²) in [4.78, 5) is 13.9. The Morgan fingerprint density at radius 2 is 2.12 bits per heavy atom. The van der Waals surface area contributed by atoms with Crippen LogP contribution in [0.25, 0.3) is 0 Å². The molecule has 1 rings (SSSR count). The highest BCUT2D eigenvalue weighted by Crippen LogP contribution is 2.15. The lowest BCUT2D eigenvalue weighted by molar-refractivity contribution is 0.0740. The lowest BCUT2D eigenvalue weighted by atomic mass is 10.1. The van der Waals surface area contributed by atoms with Crippen molar-refractivity contribution in [1.82, 2.24) is 4.90 Å². The number of carbonyl (C=O) groups excluding carboxylic acids is 1. The normalized spacial score (nSPS) is 12.2. The zero-order chi connectivity index (χ0) is 12.3. The van der Waals surface area contributed by atoms with Gasteiger partial charge in [-0.1, -0.05) is 6.92 Å². The molecule has 0 heterocycles. The Hall–Kier alpha value is -1.51. The van der Waals surface area contributed by atoms with E-state index in [9.17, 15) is 4.79 Å². The molecule has 1 amide bonds. The van der Waals surface area contributed by atoms with E-state index in [4.69, 9.17) is 5.73 Å². The smallest absolute Gasteiger partial charge is 0.254 e. The van der Waals surface area contributed by atoms with E-state index < -0.39 is 0 Å². The molecular formula is C13H20N2O. The lowest BCUT2D eigenvalue weighted by Gasteiger charge is -2.24. The van der Waals surface area contributed by atoms with Crippen molar-refractivity contribution in [2.24, 2.45) is 0 Å². The van der Waals surface area contributed by atoms with Crippen LogP contribution < -0.4 is 5.73 Å². The lowest BCUT2D eigenvalue weighted by Crippen LogP contribution is -2.34. The van der Waals surface area contributed by atoms with Crippen LogP contribution in [0.1, 0.15) is 36.2 Å². The van der Waals surface area contributed by atoms with Crippen molar-refractivity contribution in [2.45, 2.75) is 33.2 Å². The zero-order valence-corrected chi connectivity index (χ0v) is 10.4. The molecular weight excluding hydrogens is 200 g/mol. The fraction of sp³-hybridized carbons (Fsp3) is 0.462. The fourth-order valence-corrected chi connectivity index (χ4v) is 1.59. The standard InChI is InChI=1S/C13H20N2O/c1-5-10(3)15(4)13(16)12-7-6-11(14)8-9(12)2/h6-8,10H,5,14H2,1-4H3. The molecule has 0 aliphatic rings. The van der Waals surface area contributed by atoms with Gasteiger partial charge < -0.3 is 10.6 Å². The van der Waals surface area contributed by atoms with Crippen LogP contribution in [0.2, 0.25) is 0 Å². The molecule has 0 spiro atoms. The molecule has 1 unspecified atom stereocenters. The number of amides is 1. The van der Waals surface area contributed by atoms with Crippen molar-refractivity contribution in [2.75, 3.05) is 12.8 Å². The second kappa shape index (κ2) is 5.01. The predicted octanol–water partition coefficient (Wildman–Crippen LogP) is 2.45. The first kappa shape index (κ1) is 12.6.